The van der Waals surface area contributed by atoms with Crippen LogP contribution in [0.1, 0.15) is 22.0 Å². The second kappa shape index (κ2) is 8.18. The van der Waals surface area contributed by atoms with Crippen molar-refractivity contribution >= 4 is 23.2 Å². The summed E-state index contributed by atoms with van der Waals surface area (Å²) in [5.74, 6) is -0.103. The van der Waals surface area contributed by atoms with Crippen LogP contribution in [0.5, 0.6) is 0 Å². The number of carbonyl (C=O) groups is 1. The van der Waals surface area contributed by atoms with E-state index in [9.17, 15) is 4.79 Å². The Balaban J connectivity index is 2.07. The van der Waals surface area contributed by atoms with Crippen LogP contribution >= 0.6 is 11.6 Å². The van der Waals surface area contributed by atoms with Crippen LogP contribution in [0.3, 0.4) is 0 Å². The summed E-state index contributed by atoms with van der Waals surface area (Å²) in [7, 11) is 8.23. The third-order valence-electron chi connectivity index (χ3n) is 4.06. The number of nitrogens with one attached hydrogen (secondary N) is 2. The van der Waals surface area contributed by atoms with Gasteiger partial charge in [-0.2, -0.15) is 0 Å². The predicted octanol–water partition coefficient (Wildman–Crippen LogP) is 2.02. The molecular formula is C19H25ClN3O+. The van der Waals surface area contributed by atoms with Gasteiger partial charge in [-0.15, -0.1) is 0 Å². The van der Waals surface area contributed by atoms with Crippen LogP contribution in [0, 0.1) is 0 Å². The first kappa shape index (κ1) is 18.3. The monoisotopic (exact) mass is 346 g/mol. The molecule has 24 heavy (non-hydrogen) atoms. The highest BCUT2D eigenvalue weighted by Gasteiger charge is 2.19. The number of likely N-dealkylation sites (N-methyl/N-ethyl adjacent to an activating group) is 1. The van der Waals surface area contributed by atoms with Gasteiger partial charge in [0.25, 0.3) is 5.91 Å². The summed E-state index contributed by atoms with van der Waals surface area (Å²) in [6, 6.07) is 15.6. The van der Waals surface area contributed by atoms with Crippen LogP contribution in [-0.2, 0) is 0 Å². The van der Waals surface area contributed by atoms with E-state index in [1.54, 1.807) is 24.3 Å². The number of carbonyl (C=O) groups excluding carboxylic acids is 1. The Morgan fingerprint density at radius 1 is 1.17 bits per heavy atom. The molecule has 0 bridgehead atoms. The Labute approximate surface area is 149 Å². The number of anilines is 1. The van der Waals surface area contributed by atoms with E-state index in [0.29, 0.717) is 17.1 Å². The van der Waals surface area contributed by atoms with E-state index in [1.807, 2.05) is 14.1 Å². The molecule has 5 heteroatoms. The Morgan fingerprint density at radius 3 is 2.38 bits per heavy atom. The molecule has 4 nitrogen and oxygen atoms in total. The Hall–Kier alpha value is -2.04. The van der Waals surface area contributed by atoms with Gasteiger partial charge in [-0.05, 0) is 30.3 Å². The summed E-state index contributed by atoms with van der Waals surface area (Å²) in [5, 5.41) is 3.58. The average Bonchev–Trinajstić information content (AvgIpc) is 2.55. The lowest BCUT2D eigenvalue weighted by atomic mass is 10.0. The van der Waals surface area contributed by atoms with Crippen molar-refractivity contribution in [3.05, 3.63) is 64.7 Å². The van der Waals surface area contributed by atoms with Gasteiger partial charge in [-0.25, -0.2) is 0 Å². The largest absolute Gasteiger partial charge is 0.378 e. The molecule has 2 N–H and O–H groups in total. The van der Waals surface area contributed by atoms with E-state index in [1.165, 1.54) is 10.5 Å². The number of halogens is 1. The number of quaternary nitrogens is 1. The summed E-state index contributed by atoms with van der Waals surface area (Å²) in [6.45, 7) is 0.564. The molecule has 0 saturated heterocycles. The third-order valence-corrected chi connectivity index (χ3v) is 4.30. The SMILES string of the molecule is CN(C)c1ccc([C@H](CNC(=O)c2cccc(Cl)c2)[NH+](C)C)cc1. The Bertz CT molecular complexity index is 683. The fraction of sp³-hybridized carbons (Fsp3) is 0.316. The van der Waals surface area contributed by atoms with Gasteiger partial charge >= 0.3 is 0 Å². The molecule has 0 spiro atoms. The molecule has 0 aromatic heterocycles. The van der Waals surface area contributed by atoms with E-state index in [2.05, 4.69) is 48.6 Å². The molecule has 0 aliphatic rings. The van der Waals surface area contributed by atoms with Gasteiger partial charge in [0.1, 0.15) is 6.04 Å². The van der Waals surface area contributed by atoms with Crippen LogP contribution in [0.15, 0.2) is 48.5 Å². The maximum atomic E-state index is 12.3. The molecule has 0 heterocycles. The molecule has 0 saturated carbocycles. The number of hydrogen-bond donors (Lipinski definition) is 2. The Morgan fingerprint density at radius 2 is 1.83 bits per heavy atom. The molecular weight excluding hydrogens is 322 g/mol. The zero-order valence-electron chi connectivity index (χ0n) is 14.6. The van der Waals surface area contributed by atoms with Gasteiger partial charge in [-0.1, -0.05) is 29.8 Å². The molecule has 0 radical (unpaired) electrons. The van der Waals surface area contributed by atoms with Crippen LogP contribution in [-0.4, -0.2) is 40.6 Å². The van der Waals surface area contributed by atoms with Gasteiger partial charge in [0, 0.05) is 35.9 Å². The standard InChI is InChI=1S/C19H24ClN3O/c1-22(2)17-10-8-14(9-11-17)18(23(3)4)13-21-19(24)15-6-5-7-16(20)12-15/h5-12,18H,13H2,1-4H3,(H,21,24)/p+1/t18-/m0/s1. The number of hydrogen-bond acceptors (Lipinski definition) is 2. The molecule has 128 valence electrons. The summed E-state index contributed by atoms with van der Waals surface area (Å²) in [4.78, 5) is 15.6. The minimum Gasteiger partial charge on any atom is -0.378 e. The van der Waals surface area contributed by atoms with Gasteiger partial charge in [0.2, 0.25) is 0 Å². The molecule has 1 atom stereocenters. The third kappa shape index (κ3) is 4.73. The number of nitrogens with zero attached hydrogens (tertiary/aromatic N) is 1. The van der Waals surface area contributed by atoms with E-state index >= 15 is 0 Å². The number of benzene rings is 2. The highest BCUT2D eigenvalue weighted by atomic mass is 35.5. The summed E-state index contributed by atoms with van der Waals surface area (Å²) < 4.78 is 0. The van der Waals surface area contributed by atoms with Gasteiger partial charge < -0.3 is 15.1 Å². The van der Waals surface area contributed by atoms with Crippen molar-refractivity contribution in [1.82, 2.24) is 5.32 Å². The smallest absolute Gasteiger partial charge is 0.251 e. The summed E-state index contributed by atoms with van der Waals surface area (Å²) >= 11 is 5.95. The zero-order valence-corrected chi connectivity index (χ0v) is 15.4. The second-order valence-corrected chi connectivity index (χ2v) is 6.77. The molecule has 0 unspecified atom stereocenters. The highest BCUT2D eigenvalue weighted by Crippen LogP contribution is 2.16. The van der Waals surface area contributed by atoms with Crippen molar-refractivity contribution in [2.24, 2.45) is 0 Å². The first-order chi connectivity index (χ1) is 11.4. The van der Waals surface area contributed by atoms with Crippen LogP contribution in [0.25, 0.3) is 0 Å². The zero-order chi connectivity index (χ0) is 17.7. The lowest BCUT2D eigenvalue weighted by Crippen LogP contribution is -3.07. The van der Waals surface area contributed by atoms with E-state index in [-0.39, 0.29) is 11.9 Å². The fourth-order valence-electron chi connectivity index (χ4n) is 2.59. The lowest BCUT2D eigenvalue weighted by Gasteiger charge is -2.23. The van der Waals surface area contributed by atoms with Crippen molar-refractivity contribution < 1.29 is 9.69 Å². The maximum absolute atomic E-state index is 12.3. The average molecular weight is 347 g/mol. The fourth-order valence-corrected chi connectivity index (χ4v) is 2.78. The molecule has 0 aliphatic carbocycles. The summed E-state index contributed by atoms with van der Waals surface area (Å²) in [5.41, 5.74) is 2.94. The highest BCUT2D eigenvalue weighted by molar-refractivity contribution is 6.30. The molecule has 2 aromatic rings. The minimum absolute atomic E-state index is 0.103. The van der Waals surface area contributed by atoms with E-state index < -0.39 is 0 Å². The molecule has 0 aliphatic heterocycles. The van der Waals surface area contributed by atoms with Crippen molar-refractivity contribution in [3.63, 3.8) is 0 Å². The number of rotatable bonds is 6. The first-order valence-corrected chi connectivity index (χ1v) is 8.37. The maximum Gasteiger partial charge on any atom is 0.251 e. The van der Waals surface area contributed by atoms with Gasteiger partial charge in [0.15, 0.2) is 0 Å². The molecule has 2 aromatic carbocycles. The normalized spacial score (nSPS) is 12.1. The molecule has 0 fully saturated rings. The van der Waals surface area contributed by atoms with Crippen LogP contribution in [0.4, 0.5) is 5.69 Å². The van der Waals surface area contributed by atoms with E-state index in [0.717, 1.165) is 5.69 Å². The second-order valence-electron chi connectivity index (χ2n) is 6.34. The van der Waals surface area contributed by atoms with E-state index in [4.69, 9.17) is 11.6 Å². The summed E-state index contributed by atoms with van der Waals surface area (Å²) in [6.07, 6.45) is 0. The Kier molecular flexibility index (Phi) is 6.23. The van der Waals surface area contributed by atoms with Gasteiger partial charge in [0.05, 0.1) is 20.6 Å². The minimum atomic E-state index is -0.103. The topological polar surface area (TPSA) is 36.8 Å². The van der Waals surface area contributed by atoms with Crippen molar-refractivity contribution in [2.45, 2.75) is 6.04 Å². The van der Waals surface area contributed by atoms with Crippen molar-refractivity contribution in [2.75, 3.05) is 39.6 Å². The molecule has 2 rings (SSSR count). The van der Waals surface area contributed by atoms with Gasteiger partial charge in [-0.3, -0.25) is 4.79 Å². The quantitative estimate of drug-likeness (QED) is 0.839. The van der Waals surface area contributed by atoms with Crippen molar-refractivity contribution in [1.29, 1.82) is 0 Å². The first-order valence-electron chi connectivity index (χ1n) is 7.99. The van der Waals surface area contributed by atoms with Crippen LogP contribution < -0.4 is 15.1 Å². The lowest BCUT2D eigenvalue weighted by molar-refractivity contribution is -0.890. The van der Waals surface area contributed by atoms with Crippen molar-refractivity contribution in [3.8, 4) is 0 Å². The molecule has 1 amide bonds. The number of amides is 1. The van der Waals surface area contributed by atoms with Crippen LogP contribution in [0.2, 0.25) is 5.02 Å². The predicted molar refractivity (Wildman–Crippen MR) is 100 cm³/mol.